The van der Waals surface area contributed by atoms with Crippen LogP contribution in [0.4, 0.5) is 0 Å². The van der Waals surface area contributed by atoms with Crippen molar-refractivity contribution in [2.24, 2.45) is 11.3 Å². The minimum atomic E-state index is -0.231. The molecule has 0 saturated carbocycles. The molecular weight excluding hydrogens is 422 g/mol. The number of fused-ring (bicyclic) bond motifs is 2. The highest BCUT2D eigenvalue weighted by atomic mass is 32.1. The number of rotatable bonds is 7. The van der Waals surface area contributed by atoms with Gasteiger partial charge in [-0.2, -0.15) is 0 Å². The molecule has 2 heterocycles. The second-order valence-corrected chi connectivity index (χ2v) is 11.2. The highest BCUT2D eigenvalue weighted by Crippen LogP contribution is 2.34. The summed E-state index contributed by atoms with van der Waals surface area (Å²) in [5.74, 6) is 1.32. The number of amides is 2. The van der Waals surface area contributed by atoms with Gasteiger partial charge in [0.05, 0.1) is 6.61 Å². The summed E-state index contributed by atoms with van der Waals surface area (Å²) in [5.41, 5.74) is 0.978. The molecule has 1 aliphatic heterocycles. The van der Waals surface area contributed by atoms with Crippen LogP contribution < -0.4 is 10.2 Å². The molecule has 1 aromatic heterocycles. The number of piperidine rings is 1. The number of hydrogen-bond acceptors (Lipinski definition) is 5. The van der Waals surface area contributed by atoms with Gasteiger partial charge in [0, 0.05) is 39.9 Å². The summed E-state index contributed by atoms with van der Waals surface area (Å²) < 4.78 is 6.93. The number of ether oxygens (including phenoxy) is 1. The van der Waals surface area contributed by atoms with Gasteiger partial charge in [-0.15, -0.1) is 11.3 Å². The fourth-order valence-electron chi connectivity index (χ4n) is 4.85. The molecule has 1 aromatic carbocycles. The van der Waals surface area contributed by atoms with E-state index in [1.54, 1.807) is 11.3 Å². The van der Waals surface area contributed by atoms with Crippen LogP contribution in [0.2, 0.25) is 0 Å². The molecule has 0 N–H and O–H groups in total. The minimum absolute atomic E-state index is 0.0646. The van der Waals surface area contributed by atoms with Crippen molar-refractivity contribution in [3.05, 3.63) is 38.9 Å². The molecule has 32 heavy (non-hydrogen) atoms. The Morgan fingerprint density at radius 1 is 1.12 bits per heavy atom. The van der Waals surface area contributed by atoms with Crippen LogP contribution >= 0.6 is 11.3 Å². The number of carbonyl (C=O) groups excluding carboxylic acids is 2. The van der Waals surface area contributed by atoms with Gasteiger partial charge in [-0.05, 0) is 61.6 Å². The third kappa shape index (κ3) is 4.90. The summed E-state index contributed by atoms with van der Waals surface area (Å²) >= 11 is 1.74. The summed E-state index contributed by atoms with van der Waals surface area (Å²) in [7, 11) is 0. The Labute approximate surface area is 193 Å². The van der Waals surface area contributed by atoms with E-state index >= 15 is 0 Å². The number of nitrogens with zero attached hydrogens (tertiary/aromatic N) is 1. The molecule has 172 valence electrons. The zero-order valence-corrected chi connectivity index (χ0v) is 20.2. The van der Waals surface area contributed by atoms with Crippen molar-refractivity contribution in [1.82, 2.24) is 4.90 Å². The van der Waals surface area contributed by atoms with Gasteiger partial charge in [-0.1, -0.05) is 27.2 Å². The third-order valence-corrected chi connectivity index (χ3v) is 8.02. The summed E-state index contributed by atoms with van der Waals surface area (Å²) in [6, 6.07) is 5.75. The Morgan fingerprint density at radius 2 is 1.88 bits per heavy atom. The summed E-state index contributed by atoms with van der Waals surface area (Å²) in [4.78, 5) is 40.1. The predicted molar refractivity (Wildman–Crippen MR) is 128 cm³/mol. The molecule has 2 amide bonds. The number of imide groups is 1. The first-order valence-corrected chi connectivity index (χ1v) is 12.6. The van der Waals surface area contributed by atoms with Crippen LogP contribution in [0.15, 0.2) is 23.0 Å². The minimum Gasteiger partial charge on any atom is -0.494 e. The van der Waals surface area contributed by atoms with Crippen LogP contribution in [-0.4, -0.2) is 29.9 Å². The molecule has 1 fully saturated rings. The number of carbonyl (C=O) groups is 2. The number of likely N-dealkylation sites (tertiary alicyclic amines) is 1. The van der Waals surface area contributed by atoms with Crippen molar-refractivity contribution in [2.45, 2.75) is 72.1 Å². The summed E-state index contributed by atoms with van der Waals surface area (Å²) in [5, 5.41) is 0.793. The van der Waals surface area contributed by atoms with Crippen molar-refractivity contribution in [3.8, 4) is 5.75 Å². The van der Waals surface area contributed by atoms with Crippen LogP contribution in [0, 0.1) is 11.3 Å². The van der Waals surface area contributed by atoms with Crippen molar-refractivity contribution in [2.75, 3.05) is 13.2 Å². The van der Waals surface area contributed by atoms with E-state index in [0.717, 1.165) is 59.9 Å². The molecule has 6 heteroatoms. The van der Waals surface area contributed by atoms with Crippen molar-refractivity contribution in [3.63, 3.8) is 0 Å². The standard InChI is InChI=1S/C26H33NO4S/c1-4-17-7-9-19-21(13-17)32-22-14-18(8-10-20(22)25(19)30)31-12-6-5-11-27-23(28)15-26(2,3)16-24(27)29/h8,10,14,17H,4-7,9,11-13,15-16H2,1-3H3. The van der Waals surface area contributed by atoms with Gasteiger partial charge >= 0.3 is 0 Å². The molecule has 5 nitrogen and oxygen atoms in total. The highest BCUT2D eigenvalue weighted by molar-refractivity contribution is 7.18. The van der Waals surface area contributed by atoms with E-state index in [-0.39, 0.29) is 22.7 Å². The topological polar surface area (TPSA) is 63.7 Å². The summed E-state index contributed by atoms with van der Waals surface area (Å²) in [6.07, 6.45) is 6.53. The normalized spacial score (nSPS) is 20.5. The molecule has 0 bridgehead atoms. The molecule has 1 unspecified atom stereocenters. The van der Waals surface area contributed by atoms with Crippen molar-refractivity contribution < 1.29 is 14.3 Å². The lowest BCUT2D eigenvalue weighted by Crippen LogP contribution is -2.46. The lowest BCUT2D eigenvalue weighted by atomic mass is 9.82. The van der Waals surface area contributed by atoms with Crippen LogP contribution in [0.5, 0.6) is 5.75 Å². The van der Waals surface area contributed by atoms with Gasteiger partial charge in [0.1, 0.15) is 5.75 Å². The van der Waals surface area contributed by atoms with E-state index in [4.69, 9.17) is 4.74 Å². The fourth-order valence-corrected chi connectivity index (χ4v) is 6.20. The summed E-state index contributed by atoms with van der Waals surface area (Å²) in [6.45, 7) is 7.13. The van der Waals surface area contributed by atoms with Gasteiger partial charge in [0.25, 0.3) is 0 Å². The molecule has 2 aliphatic rings. The Morgan fingerprint density at radius 3 is 2.59 bits per heavy atom. The second kappa shape index (κ2) is 9.34. The first-order chi connectivity index (χ1) is 15.3. The van der Waals surface area contributed by atoms with Gasteiger partial charge in [-0.3, -0.25) is 19.3 Å². The predicted octanol–water partition coefficient (Wildman–Crippen LogP) is 5.11. The van der Waals surface area contributed by atoms with Crippen molar-refractivity contribution in [1.29, 1.82) is 0 Å². The molecule has 1 atom stereocenters. The van der Waals surface area contributed by atoms with E-state index in [9.17, 15) is 14.4 Å². The Balaban J connectivity index is 1.34. The maximum atomic E-state index is 12.9. The Bertz CT molecular complexity index is 1070. The Kier molecular flexibility index (Phi) is 6.70. The van der Waals surface area contributed by atoms with E-state index < -0.39 is 0 Å². The lowest BCUT2D eigenvalue weighted by molar-refractivity contribution is -0.152. The number of benzene rings is 1. The van der Waals surface area contributed by atoms with E-state index in [0.29, 0.717) is 31.9 Å². The van der Waals surface area contributed by atoms with Gasteiger partial charge < -0.3 is 4.74 Å². The largest absolute Gasteiger partial charge is 0.494 e. The molecule has 0 spiro atoms. The molecule has 0 radical (unpaired) electrons. The van der Waals surface area contributed by atoms with Crippen molar-refractivity contribution >= 4 is 33.2 Å². The van der Waals surface area contributed by atoms with Gasteiger partial charge in [0.15, 0.2) is 5.43 Å². The van der Waals surface area contributed by atoms with Crippen LogP contribution in [0.3, 0.4) is 0 Å². The van der Waals surface area contributed by atoms with E-state index in [1.165, 1.54) is 9.78 Å². The van der Waals surface area contributed by atoms with Crippen LogP contribution in [-0.2, 0) is 22.4 Å². The molecule has 1 aliphatic carbocycles. The number of unbranched alkanes of at least 4 members (excludes halogenated alkanes) is 1. The van der Waals surface area contributed by atoms with Crippen LogP contribution in [0.25, 0.3) is 10.1 Å². The smallest absolute Gasteiger partial charge is 0.229 e. The molecule has 2 aromatic rings. The average Bonchev–Trinajstić information content (AvgIpc) is 2.74. The van der Waals surface area contributed by atoms with E-state index in [1.807, 2.05) is 32.0 Å². The maximum absolute atomic E-state index is 12.9. The fraction of sp³-hybridized carbons (Fsp3) is 0.577. The zero-order chi connectivity index (χ0) is 22.9. The Hall–Kier alpha value is -2.21. The quantitative estimate of drug-likeness (QED) is 0.430. The first-order valence-electron chi connectivity index (χ1n) is 11.8. The highest BCUT2D eigenvalue weighted by Gasteiger charge is 2.36. The van der Waals surface area contributed by atoms with Crippen LogP contribution in [0.1, 0.15) is 69.7 Å². The lowest BCUT2D eigenvalue weighted by Gasteiger charge is -2.34. The van der Waals surface area contributed by atoms with Gasteiger partial charge in [0.2, 0.25) is 11.8 Å². The number of hydrogen-bond donors (Lipinski definition) is 0. The maximum Gasteiger partial charge on any atom is 0.229 e. The van der Waals surface area contributed by atoms with E-state index in [2.05, 4.69) is 6.92 Å². The second-order valence-electron chi connectivity index (χ2n) is 10.0. The van der Waals surface area contributed by atoms with Gasteiger partial charge in [-0.25, -0.2) is 0 Å². The zero-order valence-electron chi connectivity index (χ0n) is 19.4. The molecule has 1 saturated heterocycles. The average molecular weight is 456 g/mol. The first kappa shape index (κ1) is 23.0. The third-order valence-electron chi connectivity index (χ3n) is 6.80. The molecule has 4 rings (SSSR count). The SMILES string of the molecule is CCC1CCc2c(sc3cc(OCCCCN4C(=O)CC(C)(C)CC4=O)ccc3c2=O)C1. The monoisotopic (exact) mass is 455 g/mol. The molecular formula is C26H33NO4S.